The van der Waals surface area contributed by atoms with E-state index in [4.69, 9.17) is 11.8 Å². The summed E-state index contributed by atoms with van der Waals surface area (Å²) in [4.78, 5) is 0. The molecule has 0 nitrogen and oxygen atoms in total. The minimum atomic E-state index is -1.23. The summed E-state index contributed by atoms with van der Waals surface area (Å²) in [6, 6.07) is 0. The summed E-state index contributed by atoms with van der Waals surface area (Å²) in [5.74, 6) is 1.14. The molecule has 0 N–H and O–H groups in total. The van der Waals surface area contributed by atoms with Gasteiger partial charge < -0.3 is 0 Å². The monoisotopic (exact) mass is 268 g/mol. The number of hydrogen-bond acceptors (Lipinski definition) is 3. The molecule has 0 bridgehead atoms. The van der Waals surface area contributed by atoms with Crippen LogP contribution in [0.2, 0.25) is 0 Å². The quantitative estimate of drug-likeness (QED) is 0.371. The first kappa shape index (κ1) is 15.1. The Balaban J connectivity index is 4.19. The summed E-state index contributed by atoms with van der Waals surface area (Å²) in [6.45, 7) is 12.7. The van der Waals surface area contributed by atoms with E-state index >= 15 is 0 Å². The Labute approximate surface area is 102 Å². The zero-order valence-electron chi connectivity index (χ0n) is 9.58. The molecule has 0 saturated carbocycles. The normalized spacial score (nSPS) is 16.3. The molecule has 0 fully saturated rings. The third kappa shape index (κ3) is 7.39. The molecule has 84 valence electrons. The smallest absolute Gasteiger partial charge is 0.0574 e. The Hall–Kier alpha value is 1.09. The molecule has 1 unspecified atom stereocenters. The van der Waals surface area contributed by atoms with Crippen LogP contribution in [0.5, 0.6) is 0 Å². The highest BCUT2D eigenvalue weighted by molar-refractivity contribution is 9.00. The second-order valence-corrected chi connectivity index (χ2v) is 17.0. The van der Waals surface area contributed by atoms with Crippen LogP contribution in [0.15, 0.2) is 12.7 Å². The Kier molecular flexibility index (Phi) is 7.14. The third-order valence-electron chi connectivity index (χ3n) is 1.41. The first-order chi connectivity index (χ1) is 6.33. The highest BCUT2D eigenvalue weighted by atomic mass is 33.2. The van der Waals surface area contributed by atoms with Crippen molar-refractivity contribution in [3.63, 3.8) is 0 Å². The van der Waals surface area contributed by atoms with Gasteiger partial charge in [-0.05, 0) is 12.6 Å². The molecule has 0 amide bonds. The summed E-state index contributed by atoms with van der Waals surface area (Å²) in [7, 11) is 0. The lowest BCUT2D eigenvalue weighted by Crippen LogP contribution is -2.06. The summed E-state index contributed by atoms with van der Waals surface area (Å²) >= 11 is 9.77. The molecule has 0 aliphatic heterocycles. The highest BCUT2D eigenvalue weighted by Gasteiger charge is 2.23. The fraction of sp³-hybridized carbons (Fsp3) is 0.800. The highest BCUT2D eigenvalue weighted by Crippen LogP contribution is 2.72. The minimum absolute atomic E-state index is 0.298. The van der Waals surface area contributed by atoms with Gasteiger partial charge in [0.1, 0.15) is 0 Å². The van der Waals surface area contributed by atoms with Crippen molar-refractivity contribution in [2.45, 2.75) is 38.9 Å². The maximum Gasteiger partial charge on any atom is 0.0574 e. The van der Waals surface area contributed by atoms with Crippen LogP contribution in [0.3, 0.4) is 0 Å². The summed E-state index contributed by atoms with van der Waals surface area (Å²) < 4.78 is -0.934. The molecule has 0 heterocycles. The van der Waals surface area contributed by atoms with Gasteiger partial charge in [-0.1, -0.05) is 45.6 Å². The lowest BCUT2D eigenvalue weighted by Gasteiger charge is -2.27. The Morgan fingerprint density at radius 3 is 2.36 bits per heavy atom. The van der Waals surface area contributed by atoms with Crippen molar-refractivity contribution in [3.05, 3.63) is 12.7 Å². The van der Waals surface area contributed by atoms with Crippen LogP contribution in [0.1, 0.15) is 34.1 Å². The molecule has 0 saturated heterocycles. The third-order valence-corrected chi connectivity index (χ3v) is 13.6. The van der Waals surface area contributed by atoms with E-state index in [0.717, 1.165) is 18.3 Å². The van der Waals surface area contributed by atoms with E-state index in [2.05, 4.69) is 34.3 Å². The Morgan fingerprint density at radius 2 is 2.00 bits per heavy atom. The SMILES string of the molecule is C=CCCSP(=S)(CC)SC(C)(C)C. The molecule has 14 heavy (non-hydrogen) atoms. The summed E-state index contributed by atoms with van der Waals surface area (Å²) in [5, 5.41) is 0. The van der Waals surface area contributed by atoms with Crippen LogP contribution < -0.4 is 0 Å². The molecule has 0 aliphatic rings. The molecule has 0 aliphatic carbocycles. The van der Waals surface area contributed by atoms with Crippen LogP contribution in [0.25, 0.3) is 0 Å². The topological polar surface area (TPSA) is 0 Å². The molecule has 1 atom stereocenters. The standard InChI is InChI=1S/C10H21PS3/c1-6-8-9-13-11(12,7-2)14-10(3,4)5/h6H,1,7-9H2,2-5H3. The van der Waals surface area contributed by atoms with Crippen LogP contribution >= 0.6 is 27.2 Å². The predicted molar refractivity (Wildman–Crippen MR) is 79.4 cm³/mol. The minimum Gasteiger partial charge on any atom is -0.114 e. The average Bonchev–Trinajstić information content (AvgIpc) is 2.02. The van der Waals surface area contributed by atoms with Gasteiger partial charge in [0, 0.05) is 10.5 Å². The molecule has 0 rings (SSSR count). The lowest BCUT2D eigenvalue weighted by atomic mass is 10.3. The van der Waals surface area contributed by atoms with Crippen molar-refractivity contribution in [1.29, 1.82) is 0 Å². The van der Waals surface area contributed by atoms with Gasteiger partial charge in [0.05, 0.1) is 4.44 Å². The van der Waals surface area contributed by atoms with Crippen molar-refractivity contribution >= 4 is 39.0 Å². The Morgan fingerprint density at radius 1 is 1.43 bits per heavy atom. The molecule has 0 radical (unpaired) electrons. The molecule has 4 heteroatoms. The molecule has 0 spiro atoms. The van der Waals surface area contributed by atoms with E-state index in [1.165, 1.54) is 0 Å². The van der Waals surface area contributed by atoms with Crippen LogP contribution in [-0.2, 0) is 11.8 Å². The molecule has 0 aromatic rings. The maximum absolute atomic E-state index is 5.77. The number of allylic oxidation sites excluding steroid dienone is 1. The number of hydrogen-bond donors (Lipinski definition) is 0. The van der Waals surface area contributed by atoms with E-state index in [1.54, 1.807) is 0 Å². The van der Waals surface area contributed by atoms with Crippen molar-refractivity contribution in [3.8, 4) is 0 Å². The van der Waals surface area contributed by atoms with Crippen molar-refractivity contribution in [2.24, 2.45) is 0 Å². The first-order valence-electron chi connectivity index (χ1n) is 4.88. The zero-order chi connectivity index (χ0) is 11.2. The lowest BCUT2D eigenvalue weighted by molar-refractivity contribution is 0.810. The molecule has 0 aromatic heterocycles. The first-order valence-corrected chi connectivity index (χ1v) is 10.9. The summed E-state index contributed by atoms with van der Waals surface area (Å²) in [5.41, 5.74) is 0. The van der Waals surface area contributed by atoms with Crippen LogP contribution in [0, 0.1) is 0 Å². The average molecular weight is 268 g/mol. The van der Waals surface area contributed by atoms with E-state index in [0.29, 0.717) is 4.75 Å². The van der Waals surface area contributed by atoms with Gasteiger partial charge >= 0.3 is 0 Å². The van der Waals surface area contributed by atoms with E-state index in [9.17, 15) is 0 Å². The van der Waals surface area contributed by atoms with Gasteiger partial charge in [-0.15, -0.1) is 29.3 Å². The van der Waals surface area contributed by atoms with Gasteiger partial charge in [0.25, 0.3) is 0 Å². The fourth-order valence-electron chi connectivity index (χ4n) is 0.875. The molecular formula is C10H21PS3. The van der Waals surface area contributed by atoms with Crippen molar-refractivity contribution in [2.75, 3.05) is 11.9 Å². The summed E-state index contributed by atoms with van der Waals surface area (Å²) in [6.07, 6.45) is 4.20. The van der Waals surface area contributed by atoms with Gasteiger partial charge in [-0.2, -0.15) is 0 Å². The van der Waals surface area contributed by atoms with Crippen molar-refractivity contribution < 1.29 is 0 Å². The van der Waals surface area contributed by atoms with E-state index < -0.39 is 4.44 Å². The largest absolute Gasteiger partial charge is 0.114 e. The maximum atomic E-state index is 5.77. The van der Waals surface area contributed by atoms with Gasteiger partial charge in [-0.25, -0.2) is 0 Å². The van der Waals surface area contributed by atoms with Gasteiger partial charge in [0.2, 0.25) is 0 Å². The molecule has 0 aromatic carbocycles. The van der Waals surface area contributed by atoms with Crippen molar-refractivity contribution in [1.82, 2.24) is 0 Å². The van der Waals surface area contributed by atoms with Crippen LogP contribution in [0.4, 0.5) is 0 Å². The second kappa shape index (κ2) is 6.62. The Bertz CT molecular complexity index is 218. The van der Waals surface area contributed by atoms with E-state index in [-0.39, 0.29) is 0 Å². The second-order valence-electron chi connectivity index (χ2n) is 4.04. The zero-order valence-corrected chi connectivity index (χ0v) is 12.9. The van der Waals surface area contributed by atoms with Gasteiger partial charge in [-0.3, -0.25) is 0 Å². The molecular weight excluding hydrogens is 247 g/mol. The van der Waals surface area contributed by atoms with E-state index in [1.807, 2.05) is 28.8 Å². The number of rotatable bonds is 6. The van der Waals surface area contributed by atoms with Gasteiger partial charge in [0.15, 0.2) is 0 Å². The fourth-order valence-corrected chi connectivity index (χ4v) is 13.2. The van der Waals surface area contributed by atoms with Crippen LogP contribution in [-0.4, -0.2) is 16.7 Å². The predicted octanol–water partition coefficient (Wildman–Crippen LogP) is 5.16.